The third-order valence-corrected chi connectivity index (χ3v) is 3.31. The molecule has 2 heterocycles. The lowest BCUT2D eigenvalue weighted by Gasteiger charge is -2.04. The molecular weight excluding hydrogens is 270 g/mol. The Kier molecular flexibility index (Phi) is 3.21. The summed E-state index contributed by atoms with van der Waals surface area (Å²) >= 11 is 0. The van der Waals surface area contributed by atoms with Gasteiger partial charge in [0.1, 0.15) is 5.69 Å². The third-order valence-electron chi connectivity index (χ3n) is 3.31. The molecule has 21 heavy (non-hydrogen) atoms. The molecule has 108 valence electrons. The van der Waals surface area contributed by atoms with Crippen molar-refractivity contribution in [2.24, 2.45) is 0 Å². The summed E-state index contributed by atoms with van der Waals surface area (Å²) < 4.78 is 6.85. The van der Waals surface area contributed by atoms with E-state index in [0.29, 0.717) is 11.7 Å². The maximum absolute atomic E-state index is 11.4. The lowest BCUT2D eigenvalue weighted by Crippen LogP contribution is -2.10. The summed E-state index contributed by atoms with van der Waals surface area (Å²) in [6, 6.07) is 9.17. The van der Waals surface area contributed by atoms with E-state index in [0.717, 1.165) is 10.9 Å². The highest BCUT2D eigenvalue weighted by Crippen LogP contribution is 2.21. The molecular formula is C15H15N3O3. The van der Waals surface area contributed by atoms with Crippen molar-refractivity contribution in [1.82, 2.24) is 14.7 Å². The smallest absolute Gasteiger partial charge is 0.352 e. The van der Waals surface area contributed by atoms with Gasteiger partial charge in [-0.2, -0.15) is 4.98 Å². The number of benzene rings is 1. The van der Waals surface area contributed by atoms with Gasteiger partial charge in [-0.1, -0.05) is 37.2 Å². The van der Waals surface area contributed by atoms with Crippen LogP contribution in [0.5, 0.6) is 0 Å². The minimum atomic E-state index is -0.973. The first kappa shape index (κ1) is 13.4. The minimum Gasteiger partial charge on any atom is -0.477 e. The fourth-order valence-electron chi connectivity index (χ4n) is 2.27. The second-order valence-electron chi connectivity index (χ2n) is 5.18. The number of fused-ring (bicyclic) bond motifs is 1. The number of carbonyl (C=O) groups is 1. The van der Waals surface area contributed by atoms with Gasteiger partial charge in [0.15, 0.2) is 5.82 Å². The van der Waals surface area contributed by atoms with Crippen molar-refractivity contribution in [1.29, 1.82) is 0 Å². The van der Waals surface area contributed by atoms with Gasteiger partial charge in [-0.05, 0) is 12.1 Å². The molecule has 1 aromatic carbocycles. The molecule has 0 aliphatic heterocycles. The molecule has 0 fully saturated rings. The molecule has 0 bridgehead atoms. The van der Waals surface area contributed by atoms with Crippen molar-refractivity contribution in [3.63, 3.8) is 0 Å². The van der Waals surface area contributed by atoms with Crippen molar-refractivity contribution in [2.45, 2.75) is 26.3 Å². The highest BCUT2D eigenvalue weighted by atomic mass is 16.5. The number of nitrogens with zero attached hydrogens (tertiary/aromatic N) is 3. The van der Waals surface area contributed by atoms with Gasteiger partial charge in [0.25, 0.3) is 0 Å². The Morgan fingerprint density at radius 3 is 2.81 bits per heavy atom. The number of carboxylic acid groups (broad SMARTS) is 1. The summed E-state index contributed by atoms with van der Waals surface area (Å²) in [5, 5.41) is 14.2. The Morgan fingerprint density at radius 1 is 1.38 bits per heavy atom. The van der Waals surface area contributed by atoms with Crippen LogP contribution >= 0.6 is 0 Å². The largest absolute Gasteiger partial charge is 0.477 e. The van der Waals surface area contributed by atoms with Crippen LogP contribution in [0, 0.1) is 0 Å². The first-order chi connectivity index (χ1) is 10.1. The fourth-order valence-corrected chi connectivity index (χ4v) is 2.27. The van der Waals surface area contributed by atoms with Crippen LogP contribution in [-0.2, 0) is 6.54 Å². The van der Waals surface area contributed by atoms with Crippen LogP contribution in [0.4, 0.5) is 0 Å². The standard InChI is InChI=1S/C15H15N3O3/c1-9(2)14-16-13(17-21-14)8-18-11-6-4-3-5-10(11)7-12(18)15(19)20/h3-7,9H,8H2,1-2H3,(H,19,20). The van der Waals surface area contributed by atoms with Crippen LogP contribution in [0.2, 0.25) is 0 Å². The number of aromatic nitrogens is 3. The highest BCUT2D eigenvalue weighted by Gasteiger charge is 2.17. The van der Waals surface area contributed by atoms with Crippen molar-refractivity contribution in [3.8, 4) is 0 Å². The van der Waals surface area contributed by atoms with Crippen LogP contribution in [0.25, 0.3) is 10.9 Å². The van der Waals surface area contributed by atoms with Crippen LogP contribution in [0.3, 0.4) is 0 Å². The Bertz CT molecular complexity index is 801. The maximum Gasteiger partial charge on any atom is 0.352 e. The van der Waals surface area contributed by atoms with E-state index in [1.54, 1.807) is 10.6 Å². The summed E-state index contributed by atoms with van der Waals surface area (Å²) in [5.74, 6) is 0.200. The first-order valence-electron chi connectivity index (χ1n) is 6.70. The topological polar surface area (TPSA) is 81.2 Å². The van der Waals surface area contributed by atoms with Gasteiger partial charge >= 0.3 is 5.97 Å². The Balaban J connectivity index is 2.05. The molecule has 0 unspecified atom stereocenters. The quantitative estimate of drug-likeness (QED) is 0.797. The summed E-state index contributed by atoms with van der Waals surface area (Å²) in [5.41, 5.74) is 1.05. The molecule has 0 saturated heterocycles. The van der Waals surface area contributed by atoms with Crippen molar-refractivity contribution in [3.05, 3.63) is 47.7 Å². The first-order valence-corrected chi connectivity index (χ1v) is 6.70. The Morgan fingerprint density at radius 2 is 2.14 bits per heavy atom. The molecule has 0 spiro atoms. The molecule has 2 aromatic heterocycles. The molecule has 0 radical (unpaired) electrons. The molecule has 3 rings (SSSR count). The van der Waals surface area contributed by atoms with Crippen molar-refractivity contribution < 1.29 is 14.4 Å². The van der Waals surface area contributed by atoms with Gasteiger partial charge < -0.3 is 14.2 Å². The minimum absolute atomic E-state index is 0.145. The van der Waals surface area contributed by atoms with Crippen LogP contribution in [-0.4, -0.2) is 25.8 Å². The fraction of sp³-hybridized carbons (Fsp3) is 0.267. The van der Waals surface area contributed by atoms with Crippen LogP contribution in [0.1, 0.15) is 42.0 Å². The van der Waals surface area contributed by atoms with Gasteiger partial charge in [0.05, 0.1) is 6.54 Å². The number of para-hydroxylation sites is 1. The zero-order valence-corrected chi connectivity index (χ0v) is 11.8. The summed E-state index contributed by atoms with van der Waals surface area (Å²) in [6.45, 7) is 4.20. The van der Waals surface area contributed by atoms with Gasteiger partial charge in [-0.25, -0.2) is 4.79 Å². The number of rotatable bonds is 4. The average Bonchev–Trinajstić information content (AvgIpc) is 3.05. The van der Waals surface area contributed by atoms with Crippen molar-refractivity contribution >= 4 is 16.9 Å². The van der Waals surface area contributed by atoms with Crippen LogP contribution in [0.15, 0.2) is 34.9 Å². The van der Waals surface area contributed by atoms with E-state index in [1.807, 2.05) is 38.1 Å². The molecule has 0 amide bonds. The molecule has 6 nitrogen and oxygen atoms in total. The van der Waals surface area contributed by atoms with Gasteiger partial charge in [0, 0.05) is 16.8 Å². The number of hydrogen-bond acceptors (Lipinski definition) is 4. The molecule has 3 aromatic rings. The molecule has 1 N–H and O–H groups in total. The van der Waals surface area contributed by atoms with Gasteiger partial charge in [-0.15, -0.1) is 0 Å². The summed E-state index contributed by atoms with van der Waals surface area (Å²) in [7, 11) is 0. The van der Waals surface area contributed by atoms with E-state index in [-0.39, 0.29) is 18.2 Å². The summed E-state index contributed by atoms with van der Waals surface area (Å²) in [4.78, 5) is 15.7. The normalized spacial score (nSPS) is 11.4. The predicted octanol–water partition coefficient (Wildman–Crippen LogP) is 2.89. The van der Waals surface area contributed by atoms with E-state index < -0.39 is 5.97 Å². The van der Waals surface area contributed by atoms with E-state index >= 15 is 0 Å². The van der Waals surface area contributed by atoms with E-state index in [9.17, 15) is 9.90 Å². The lowest BCUT2D eigenvalue weighted by atomic mass is 10.2. The van der Waals surface area contributed by atoms with E-state index in [2.05, 4.69) is 10.1 Å². The summed E-state index contributed by atoms with van der Waals surface area (Å²) in [6.07, 6.45) is 0. The molecule has 0 saturated carbocycles. The Hall–Kier alpha value is -2.63. The second kappa shape index (κ2) is 5.05. The molecule has 0 aliphatic carbocycles. The van der Waals surface area contributed by atoms with Gasteiger partial charge in [0.2, 0.25) is 5.89 Å². The predicted molar refractivity (Wildman–Crippen MR) is 76.4 cm³/mol. The number of aromatic carboxylic acids is 1. The maximum atomic E-state index is 11.4. The van der Waals surface area contributed by atoms with Gasteiger partial charge in [-0.3, -0.25) is 0 Å². The second-order valence-corrected chi connectivity index (χ2v) is 5.18. The average molecular weight is 285 g/mol. The SMILES string of the molecule is CC(C)c1nc(Cn2c(C(=O)O)cc3ccccc32)no1. The number of carboxylic acids is 1. The Labute approximate surface area is 121 Å². The van der Waals surface area contributed by atoms with Crippen LogP contribution < -0.4 is 0 Å². The zero-order chi connectivity index (χ0) is 15.0. The molecule has 0 aliphatic rings. The lowest BCUT2D eigenvalue weighted by molar-refractivity contribution is 0.0686. The zero-order valence-electron chi connectivity index (χ0n) is 11.8. The monoisotopic (exact) mass is 285 g/mol. The van der Waals surface area contributed by atoms with E-state index in [1.165, 1.54) is 0 Å². The van der Waals surface area contributed by atoms with E-state index in [4.69, 9.17) is 4.52 Å². The third kappa shape index (κ3) is 2.40. The van der Waals surface area contributed by atoms with Crippen molar-refractivity contribution in [2.75, 3.05) is 0 Å². The molecule has 6 heteroatoms. The molecule has 0 atom stereocenters. The highest BCUT2D eigenvalue weighted by molar-refractivity contribution is 5.94. The number of hydrogen-bond donors (Lipinski definition) is 1.